The van der Waals surface area contributed by atoms with Gasteiger partial charge in [-0.3, -0.25) is 14.4 Å². The third-order valence-corrected chi connectivity index (χ3v) is 6.46. The fourth-order valence-corrected chi connectivity index (χ4v) is 4.32. The molecule has 0 atom stereocenters. The van der Waals surface area contributed by atoms with E-state index in [9.17, 15) is 14.4 Å². The number of benzene rings is 3. The van der Waals surface area contributed by atoms with E-state index in [1.54, 1.807) is 54.6 Å². The molecule has 8 heteroatoms. The van der Waals surface area contributed by atoms with E-state index in [4.69, 9.17) is 23.2 Å². The van der Waals surface area contributed by atoms with Crippen LogP contribution in [0.3, 0.4) is 0 Å². The van der Waals surface area contributed by atoms with Crippen LogP contribution in [0.1, 0.15) is 41.3 Å². The van der Waals surface area contributed by atoms with Gasteiger partial charge in [0.1, 0.15) is 10.7 Å². The maximum atomic E-state index is 13.1. The SMILES string of the molecule is CCCCc1ccc(N2C(=O)C(Cl)=C(Nc3cccc(C(=O)Nc4ccc(Cl)cc4C)c3)C2=O)cc1. The molecule has 3 aromatic carbocycles. The van der Waals surface area contributed by atoms with Crippen molar-refractivity contribution < 1.29 is 14.4 Å². The minimum atomic E-state index is -0.599. The van der Waals surface area contributed by atoms with Gasteiger partial charge in [0.2, 0.25) is 0 Å². The van der Waals surface area contributed by atoms with Crippen molar-refractivity contribution in [1.82, 2.24) is 0 Å². The Morgan fingerprint density at radius 2 is 1.69 bits per heavy atom. The number of aryl methyl sites for hydroxylation is 2. The number of halogens is 2. The van der Waals surface area contributed by atoms with Gasteiger partial charge in [0, 0.05) is 22.0 Å². The summed E-state index contributed by atoms with van der Waals surface area (Å²) >= 11 is 12.3. The number of amides is 3. The summed E-state index contributed by atoms with van der Waals surface area (Å²) in [6.07, 6.45) is 3.09. The molecule has 1 aliphatic rings. The number of hydrogen-bond donors (Lipinski definition) is 2. The molecule has 0 bridgehead atoms. The molecule has 0 saturated heterocycles. The average molecular weight is 522 g/mol. The van der Waals surface area contributed by atoms with Gasteiger partial charge in [-0.2, -0.15) is 0 Å². The lowest BCUT2D eigenvalue weighted by atomic mass is 10.1. The van der Waals surface area contributed by atoms with Crippen molar-refractivity contribution in [3.05, 3.63) is 99.2 Å². The minimum Gasteiger partial charge on any atom is -0.350 e. The number of rotatable bonds is 8. The first-order valence-electron chi connectivity index (χ1n) is 11.6. The molecule has 1 heterocycles. The minimum absolute atomic E-state index is 0.0390. The summed E-state index contributed by atoms with van der Waals surface area (Å²) in [5.41, 5.74) is 3.83. The van der Waals surface area contributed by atoms with Crippen LogP contribution < -0.4 is 15.5 Å². The third kappa shape index (κ3) is 5.45. The second-order valence-electron chi connectivity index (χ2n) is 8.52. The summed E-state index contributed by atoms with van der Waals surface area (Å²) in [5.74, 6) is -1.49. The molecule has 3 aromatic rings. The molecular formula is C28H25Cl2N3O3. The van der Waals surface area contributed by atoms with Crippen molar-refractivity contribution in [2.45, 2.75) is 33.1 Å². The van der Waals surface area contributed by atoms with Crippen molar-refractivity contribution in [1.29, 1.82) is 0 Å². The summed E-state index contributed by atoms with van der Waals surface area (Å²) in [4.78, 5) is 39.8. The molecule has 0 aliphatic carbocycles. The Morgan fingerprint density at radius 3 is 2.39 bits per heavy atom. The van der Waals surface area contributed by atoms with Crippen LogP contribution in [0.15, 0.2) is 77.5 Å². The van der Waals surface area contributed by atoms with E-state index in [0.717, 1.165) is 35.3 Å². The van der Waals surface area contributed by atoms with Crippen molar-refractivity contribution in [3.8, 4) is 0 Å². The number of nitrogens with one attached hydrogen (secondary N) is 2. The molecule has 1 aliphatic heterocycles. The molecule has 4 rings (SSSR count). The monoisotopic (exact) mass is 521 g/mol. The second-order valence-corrected chi connectivity index (χ2v) is 9.34. The highest BCUT2D eigenvalue weighted by atomic mass is 35.5. The van der Waals surface area contributed by atoms with Gasteiger partial charge in [0.05, 0.1) is 5.69 Å². The molecule has 0 radical (unpaired) electrons. The molecule has 0 saturated carbocycles. The lowest BCUT2D eigenvalue weighted by Gasteiger charge is -2.16. The summed E-state index contributed by atoms with van der Waals surface area (Å²) in [5, 5.41) is 6.15. The van der Waals surface area contributed by atoms with Crippen molar-refractivity contribution in [2.24, 2.45) is 0 Å². The van der Waals surface area contributed by atoms with Gasteiger partial charge in [-0.15, -0.1) is 0 Å². The third-order valence-electron chi connectivity index (χ3n) is 5.87. The molecule has 0 spiro atoms. The zero-order valence-electron chi connectivity index (χ0n) is 19.9. The van der Waals surface area contributed by atoms with Crippen LogP contribution in [0.2, 0.25) is 5.02 Å². The van der Waals surface area contributed by atoms with Crippen LogP contribution in [0.5, 0.6) is 0 Å². The number of unbranched alkanes of at least 4 members (excludes halogenated alkanes) is 1. The summed E-state index contributed by atoms with van der Waals surface area (Å²) in [7, 11) is 0. The smallest absolute Gasteiger partial charge is 0.283 e. The Kier molecular flexibility index (Phi) is 7.77. The number of anilines is 3. The standard InChI is InChI=1S/C28H25Cl2N3O3/c1-3-4-6-18-9-12-22(13-10-18)33-27(35)24(30)25(28(33)36)31-21-8-5-7-19(16-21)26(34)32-23-14-11-20(29)15-17(23)2/h5,7-16,31H,3-4,6H2,1-2H3,(H,32,34). The topological polar surface area (TPSA) is 78.5 Å². The first kappa shape index (κ1) is 25.5. The summed E-state index contributed by atoms with van der Waals surface area (Å²) < 4.78 is 0. The van der Waals surface area contributed by atoms with E-state index in [1.165, 1.54) is 0 Å². The Bertz CT molecular complexity index is 1370. The quantitative estimate of drug-likeness (QED) is 0.324. The predicted molar refractivity (Wildman–Crippen MR) is 145 cm³/mol. The van der Waals surface area contributed by atoms with E-state index in [1.807, 2.05) is 19.1 Å². The van der Waals surface area contributed by atoms with Gasteiger partial charge in [0.25, 0.3) is 17.7 Å². The second kappa shape index (κ2) is 11.0. The van der Waals surface area contributed by atoms with E-state index in [2.05, 4.69) is 17.6 Å². The number of imide groups is 1. The Balaban J connectivity index is 1.50. The summed E-state index contributed by atoms with van der Waals surface area (Å²) in [6.45, 7) is 3.97. The van der Waals surface area contributed by atoms with Crippen LogP contribution >= 0.6 is 23.2 Å². The van der Waals surface area contributed by atoms with Crippen LogP contribution in [0.25, 0.3) is 0 Å². The van der Waals surface area contributed by atoms with Gasteiger partial charge < -0.3 is 10.6 Å². The Hall–Kier alpha value is -3.61. The predicted octanol–water partition coefficient (Wildman–Crippen LogP) is 6.68. The van der Waals surface area contributed by atoms with E-state index >= 15 is 0 Å². The molecule has 3 amide bonds. The highest BCUT2D eigenvalue weighted by Gasteiger charge is 2.39. The molecule has 2 N–H and O–H groups in total. The van der Waals surface area contributed by atoms with Crippen molar-refractivity contribution in [2.75, 3.05) is 15.5 Å². The van der Waals surface area contributed by atoms with Crippen molar-refractivity contribution in [3.63, 3.8) is 0 Å². The molecule has 0 aromatic heterocycles. The fourth-order valence-electron chi connectivity index (χ4n) is 3.88. The number of carbonyl (C=O) groups excluding carboxylic acids is 3. The molecular weight excluding hydrogens is 497 g/mol. The van der Waals surface area contributed by atoms with Crippen LogP contribution in [0.4, 0.5) is 17.1 Å². The maximum absolute atomic E-state index is 13.1. The highest BCUT2D eigenvalue weighted by molar-refractivity contribution is 6.53. The molecule has 36 heavy (non-hydrogen) atoms. The first-order chi connectivity index (χ1) is 17.3. The highest BCUT2D eigenvalue weighted by Crippen LogP contribution is 2.31. The van der Waals surface area contributed by atoms with Gasteiger partial charge in [0.15, 0.2) is 0 Å². The van der Waals surface area contributed by atoms with Crippen LogP contribution in [-0.2, 0) is 16.0 Å². The molecule has 0 fully saturated rings. The number of carbonyl (C=O) groups is 3. The van der Waals surface area contributed by atoms with E-state index < -0.39 is 11.8 Å². The lowest BCUT2D eigenvalue weighted by molar-refractivity contribution is -0.120. The first-order valence-corrected chi connectivity index (χ1v) is 12.4. The fraction of sp³-hybridized carbons (Fsp3) is 0.179. The van der Waals surface area contributed by atoms with Crippen LogP contribution in [0, 0.1) is 6.92 Å². The zero-order chi connectivity index (χ0) is 25.8. The van der Waals surface area contributed by atoms with Gasteiger partial charge in [-0.1, -0.05) is 54.7 Å². The normalized spacial score (nSPS) is 13.4. The average Bonchev–Trinajstić information content (AvgIpc) is 3.08. The van der Waals surface area contributed by atoms with Crippen LogP contribution in [-0.4, -0.2) is 17.7 Å². The van der Waals surface area contributed by atoms with Gasteiger partial charge >= 0.3 is 0 Å². The largest absolute Gasteiger partial charge is 0.350 e. The zero-order valence-corrected chi connectivity index (χ0v) is 21.4. The van der Waals surface area contributed by atoms with E-state index in [0.29, 0.717) is 27.6 Å². The Morgan fingerprint density at radius 1 is 0.944 bits per heavy atom. The van der Waals surface area contributed by atoms with Gasteiger partial charge in [-0.05, 0) is 79.4 Å². The van der Waals surface area contributed by atoms with E-state index in [-0.39, 0.29) is 16.6 Å². The summed E-state index contributed by atoms with van der Waals surface area (Å²) in [6, 6.07) is 19.1. The number of nitrogens with zero attached hydrogens (tertiary/aromatic N) is 1. The maximum Gasteiger partial charge on any atom is 0.283 e. The Labute approximate surface area is 219 Å². The molecule has 0 unspecified atom stereocenters. The number of hydrogen-bond acceptors (Lipinski definition) is 4. The lowest BCUT2D eigenvalue weighted by Crippen LogP contribution is -2.32. The van der Waals surface area contributed by atoms with Gasteiger partial charge in [-0.25, -0.2) is 4.90 Å². The molecule has 184 valence electrons. The molecule has 6 nitrogen and oxygen atoms in total. The van der Waals surface area contributed by atoms with Crippen molar-refractivity contribution >= 4 is 58.0 Å².